The van der Waals surface area contributed by atoms with Gasteiger partial charge in [0.15, 0.2) is 5.82 Å². The number of carbonyl (C=O) groups excluding carboxylic acids is 1. The minimum absolute atomic E-state index is 0.212. The van der Waals surface area contributed by atoms with Gasteiger partial charge in [0.1, 0.15) is 18.0 Å². The second kappa shape index (κ2) is 9.09. The van der Waals surface area contributed by atoms with Crippen molar-refractivity contribution in [2.75, 3.05) is 17.7 Å². The molecule has 0 aliphatic heterocycles. The quantitative estimate of drug-likeness (QED) is 0.363. The molecule has 11 heteroatoms. The smallest absolute Gasteiger partial charge is 0.373 e. The lowest BCUT2D eigenvalue weighted by Crippen LogP contribution is -2.15. The molecule has 0 atom stereocenters. The van der Waals surface area contributed by atoms with Crippen LogP contribution in [0, 0.1) is 13.8 Å². The van der Waals surface area contributed by atoms with E-state index < -0.39 is 17.6 Å². The number of aromatic nitrogens is 4. The van der Waals surface area contributed by atoms with Crippen LogP contribution in [0.25, 0.3) is 16.9 Å². The Bertz CT molecular complexity index is 1410. The third kappa shape index (κ3) is 4.93. The zero-order chi connectivity index (χ0) is 25.3. The molecule has 8 nitrogen and oxygen atoms in total. The van der Waals surface area contributed by atoms with Gasteiger partial charge in [0, 0.05) is 30.4 Å². The van der Waals surface area contributed by atoms with Crippen molar-refractivity contribution in [3.8, 4) is 16.9 Å². The zero-order valence-electron chi connectivity index (χ0n) is 19.1. The van der Waals surface area contributed by atoms with Gasteiger partial charge >= 0.3 is 6.18 Å². The van der Waals surface area contributed by atoms with Crippen molar-refractivity contribution in [2.24, 2.45) is 5.73 Å². The lowest BCUT2D eigenvalue weighted by molar-refractivity contribution is -0.137. The third-order valence-electron chi connectivity index (χ3n) is 5.38. The molecule has 0 saturated carbocycles. The van der Waals surface area contributed by atoms with Gasteiger partial charge in [0.25, 0.3) is 0 Å². The van der Waals surface area contributed by atoms with Crippen molar-refractivity contribution in [1.82, 2.24) is 19.7 Å². The maximum atomic E-state index is 13.2. The topological polar surface area (TPSA) is 111 Å². The Morgan fingerprint density at radius 3 is 2.49 bits per heavy atom. The molecule has 2 heterocycles. The summed E-state index contributed by atoms with van der Waals surface area (Å²) in [5, 5.41) is 10.8. The number of hydrogen-bond acceptors (Lipinski definition) is 6. The molecule has 0 fully saturated rings. The van der Waals surface area contributed by atoms with Crippen LogP contribution in [0.2, 0.25) is 0 Å². The van der Waals surface area contributed by atoms with Gasteiger partial charge in [-0.3, -0.25) is 4.79 Å². The van der Waals surface area contributed by atoms with Crippen LogP contribution in [0.4, 0.5) is 30.5 Å². The van der Waals surface area contributed by atoms with E-state index in [2.05, 4.69) is 25.7 Å². The number of halogens is 3. The number of nitrogens with two attached hydrogens (primary N) is 1. The van der Waals surface area contributed by atoms with Crippen LogP contribution in [0.1, 0.15) is 27.2 Å². The van der Waals surface area contributed by atoms with Crippen LogP contribution in [0.5, 0.6) is 0 Å². The van der Waals surface area contributed by atoms with E-state index in [0.29, 0.717) is 34.3 Å². The summed E-state index contributed by atoms with van der Waals surface area (Å²) >= 11 is 0. The Kier molecular flexibility index (Phi) is 6.16. The molecule has 0 aliphatic carbocycles. The molecule has 0 saturated heterocycles. The number of carbonyl (C=O) groups is 1. The maximum absolute atomic E-state index is 13.2. The molecule has 4 aromatic rings. The minimum atomic E-state index is -4.59. The molecule has 0 aliphatic rings. The molecule has 0 spiro atoms. The van der Waals surface area contributed by atoms with Crippen molar-refractivity contribution in [2.45, 2.75) is 20.0 Å². The first kappa shape index (κ1) is 23.7. The van der Waals surface area contributed by atoms with E-state index in [1.165, 1.54) is 12.4 Å². The molecular weight excluding hydrogens is 459 g/mol. The highest BCUT2D eigenvalue weighted by Crippen LogP contribution is 2.35. The van der Waals surface area contributed by atoms with Gasteiger partial charge in [-0.2, -0.15) is 23.0 Å². The number of nitrogens with one attached hydrogen (secondary N) is 2. The molecule has 0 unspecified atom stereocenters. The number of hydrogen-bond donors (Lipinski definition) is 3. The second-order valence-electron chi connectivity index (χ2n) is 7.87. The lowest BCUT2D eigenvalue weighted by atomic mass is 9.95. The van der Waals surface area contributed by atoms with Crippen LogP contribution in [0.3, 0.4) is 0 Å². The van der Waals surface area contributed by atoms with Crippen molar-refractivity contribution in [3.05, 3.63) is 77.2 Å². The number of amides is 1. The first-order chi connectivity index (χ1) is 16.6. The standard InChI is InChI=1S/C24H22F3N7O/c1-13-4-5-15(17-7-6-16(24(25,26)27)10-18(17)23(28)35)9-19(13)32-22-8-14(2)33-34(22)21-11-20(29-3)30-12-31-21/h4-12,32H,1-3H3,(H2,28,35)(H,29,30,31). The van der Waals surface area contributed by atoms with E-state index in [1.807, 2.05) is 19.9 Å². The Morgan fingerprint density at radius 1 is 1.03 bits per heavy atom. The van der Waals surface area contributed by atoms with E-state index in [4.69, 9.17) is 5.73 Å². The summed E-state index contributed by atoms with van der Waals surface area (Å²) in [6.45, 7) is 3.72. The molecule has 0 bridgehead atoms. The number of alkyl halides is 3. The first-order valence-electron chi connectivity index (χ1n) is 10.5. The highest BCUT2D eigenvalue weighted by atomic mass is 19.4. The summed E-state index contributed by atoms with van der Waals surface area (Å²) in [7, 11) is 1.75. The van der Waals surface area contributed by atoms with Gasteiger partial charge in [-0.25, -0.2) is 9.97 Å². The molecule has 35 heavy (non-hydrogen) atoms. The van der Waals surface area contributed by atoms with Crippen molar-refractivity contribution < 1.29 is 18.0 Å². The number of rotatable bonds is 6. The summed E-state index contributed by atoms with van der Waals surface area (Å²) in [4.78, 5) is 20.4. The summed E-state index contributed by atoms with van der Waals surface area (Å²) in [5.41, 5.74) is 7.37. The van der Waals surface area contributed by atoms with E-state index in [1.54, 1.807) is 36.0 Å². The monoisotopic (exact) mass is 481 g/mol. The number of anilines is 3. The van der Waals surface area contributed by atoms with Crippen LogP contribution in [-0.2, 0) is 6.18 Å². The normalized spacial score (nSPS) is 11.4. The summed E-state index contributed by atoms with van der Waals surface area (Å²) in [6.07, 6.45) is -3.17. The molecule has 4 N–H and O–H groups in total. The van der Waals surface area contributed by atoms with Crippen LogP contribution in [-0.4, -0.2) is 32.7 Å². The zero-order valence-corrected chi connectivity index (χ0v) is 19.1. The molecule has 180 valence electrons. The predicted octanol–water partition coefficient (Wildman–Crippen LogP) is 4.85. The van der Waals surface area contributed by atoms with Crippen LogP contribution >= 0.6 is 0 Å². The second-order valence-corrected chi connectivity index (χ2v) is 7.87. The molecule has 2 aromatic carbocycles. The third-order valence-corrected chi connectivity index (χ3v) is 5.38. The summed E-state index contributed by atoms with van der Waals surface area (Å²) in [6, 6.07) is 11.8. The highest BCUT2D eigenvalue weighted by molar-refractivity contribution is 6.00. The summed E-state index contributed by atoms with van der Waals surface area (Å²) in [5.74, 6) is 0.825. The molecule has 4 rings (SSSR count). The number of primary amides is 1. The van der Waals surface area contributed by atoms with Crippen molar-refractivity contribution in [3.63, 3.8) is 0 Å². The first-order valence-corrected chi connectivity index (χ1v) is 10.5. The Morgan fingerprint density at radius 2 is 1.80 bits per heavy atom. The van der Waals surface area contributed by atoms with Gasteiger partial charge in [0.05, 0.1) is 11.3 Å². The van der Waals surface area contributed by atoms with Gasteiger partial charge < -0.3 is 16.4 Å². The molecular formula is C24H22F3N7O. The van der Waals surface area contributed by atoms with E-state index >= 15 is 0 Å². The highest BCUT2D eigenvalue weighted by Gasteiger charge is 2.31. The minimum Gasteiger partial charge on any atom is -0.373 e. The van der Waals surface area contributed by atoms with E-state index in [0.717, 1.165) is 23.4 Å². The van der Waals surface area contributed by atoms with Gasteiger partial charge in [-0.15, -0.1) is 0 Å². The van der Waals surface area contributed by atoms with Gasteiger partial charge in [-0.05, 0) is 48.7 Å². The van der Waals surface area contributed by atoms with E-state index in [9.17, 15) is 18.0 Å². The number of benzene rings is 2. The maximum Gasteiger partial charge on any atom is 0.416 e. The fourth-order valence-electron chi connectivity index (χ4n) is 3.60. The predicted molar refractivity (Wildman–Crippen MR) is 127 cm³/mol. The largest absolute Gasteiger partial charge is 0.416 e. The fraction of sp³-hybridized carbons (Fsp3) is 0.167. The number of nitrogens with zero attached hydrogens (tertiary/aromatic N) is 4. The average molecular weight is 481 g/mol. The summed E-state index contributed by atoms with van der Waals surface area (Å²) < 4.78 is 41.1. The van der Waals surface area contributed by atoms with Gasteiger partial charge in [0.2, 0.25) is 5.91 Å². The SMILES string of the molecule is CNc1cc(-n2nc(C)cc2Nc2cc(-c3ccc(C(F)(F)F)cc3C(N)=O)ccc2C)ncn1. The van der Waals surface area contributed by atoms with Crippen molar-refractivity contribution >= 4 is 23.2 Å². The molecule has 0 radical (unpaired) electrons. The Labute approximate surface area is 199 Å². The average Bonchev–Trinajstić information content (AvgIpc) is 3.19. The van der Waals surface area contributed by atoms with Crippen LogP contribution < -0.4 is 16.4 Å². The fourth-order valence-corrected chi connectivity index (χ4v) is 3.60. The lowest BCUT2D eigenvalue weighted by Gasteiger charge is -2.15. The van der Waals surface area contributed by atoms with Crippen LogP contribution in [0.15, 0.2) is 54.9 Å². The van der Waals surface area contributed by atoms with Crippen molar-refractivity contribution in [1.29, 1.82) is 0 Å². The Balaban J connectivity index is 1.76. The van der Waals surface area contributed by atoms with Gasteiger partial charge in [-0.1, -0.05) is 18.2 Å². The Hall–Kier alpha value is -4.41. The number of aryl methyl sites for hydroxylation is 2. The molecule has 2 aromatic heterocycles. The molecule has 1 amide bonds. The van der Waals surface area contributed by atoms with E-state index in [-0.39, 0.29) is 5.56 Å².